The lowest BCUT2D eigenvalue weighted by Crippen LogP contribution is -2.32. The first-order valence-electron chi connectivity index (χ1n) is 8.07. The van der Waals surface area contributed by atoms with Crippen molar-refractivity contribution in [1.82, 2.24) is 0 Å². The Hall–Kier alpha value is -2.66. The van der Waals surface area contributed by atoms with E-state index in [0.717, 1.165) is 16.7 Å². The van der Waals surface area contributed by atoms with Crippen LogP contribution in [0.4, 0.5) is 0 Å². The molecular weight excluding hydrogens is 318 g/mol. The summed E-state index contributed by atoms with van der Waals surface area (Å²) in [6.45, 7) is 5.49. The number of rotatable bonds is 5. The van der Waals surface area contributed by atoms with Crippen molar-refractivity contribution < 1.29 is 19.4 Å². The second kappa shape index (κ2) is 7.49. The molecule has 0 saturated heterocycles. The number of aliphatic carboxylic acids is 1. The zero-order valence-corrected chi connectivity index (χ0v) is 14.7. The van der Waals surface area contributed by atoms with Crippen LogP contribution in [0.25, 0.3) is 11.1 Å². The predicted octanol–water partition coefficient (Wildman–Crippen LogP) is 3.26. The maximum Gasteiger partial charge on any atom is 0.338 e. The Balaban J connectivity index is 2.18. The van der Waals surface area contributed by atoms with Crippen molar-refractivity contribution in [2.24, 2.45) is 5.73 Å². The van der Waals surface area contributed by atoms with Crippen LogP contribution in [0, 0.1) is 0 Å². The third-order valence-electron chi connectivity index (χ3n) is 3.56. The number of carboxylic acids is 1. The van der Waals surface area contributed by atoms with Gasteiger partial charge in [-0.05, 0) is 56.0 Å². The summed E-state index contributed by atoms with van der Waals surface area (Å²) in [4.78, 5) is 23.0. The molecule has 0 bridgehead atoms. The summed E-state index contributed by atoms with van der Waals surface area (Å²) in [5, 5.41) is 8.87. The van der Waals surface area contributed by atoms with Gasteiger partial charge in [-0.2, -0.15) is 0 Å². The average molecular weight is 341 g/mol. The van der Waals surface area contributed by atoms with E-state index in [-0.39, 0.29) is 12.4 Å². The number of nitrogens with two attached hydrogens (primary N) is 1. The average Bonchev–Trinajstić information content (AvgIpc) is 2.54. The van der Waals surface area contributed by atoms with Gasteiger partial charge in [-0.15, -0.1) is 0 Å². The van der Waals surface area contributed by atoms with E-state index in [2.05, 4.69) is 0 Å². The molecule has 25 heavy (non-hydrogen) atoms. The van der Waals surface area contributed by atoms with Crippen molar-refractivity contribution in [2.75, 3.05) is 0 Å². The van der Waals surface area contributed by atoms with Crippen LogP contribution >= 0.6 is 0 Å². The summed E-state index contributed by atoms with van der Waals surface area (Å²) < 4.78 is 5.39. The SMILES string of the molecule is CC(C)(C)OC(=O)c1cccc(-c2ccc(CC(N)C(=O)O)cc2)c1. The number of hydrogen-bond donors (Lipinski definition) is 2. The molecule has 1 atom stereocenters. The predicted molar refractivity (Wildman–Crippen MR) is 96.4 cm³/mol. The lowest BCUT2D eigenvalue weighted by atomic mass is 9.99. The first kappa shape index (κ1) is 18.7. The molecule has 2 aromatic carbocycles. The van der Waals surface area contributed by atoms with Gasteiger partial charge in [-0.3, -0.25) is 4.79 Å². The zero-order chi connectivity index (χ0) is 18.6. The maximum atomic E-state index is 12.2. The Morgan fingerprint density at radius 3 is 2.28 bits per heavy atom. The number of ether oxygens (including phenoxy) is 1. The summed E-state index contributed by atoms with van der Waals surface area (Å²) in [6.07, 6.45) is 0.271. The van der Waals surface area contributed by atoms with E-state index in [4.69, 9.17) is 15.6 Å². The van der Waals surface area contributed by atoms with E-state index < -0.39 is 17.6 Å². The van der Waals surface area contributed by atoms with Crippen molar-refractivity contribution in [2.45, 2.75) is 38.8 Å². The van der Waals surface area contributed by atoms with Crippen LogP contribution in [-0.4, -0.2) is 28.7 Å². The number of benzene rings is 2. The van der Waals surface area contributed by atoms with Gasteiger partial charge in [0.25, 0.3) is 0 Å². The van der Waals surface area contributed by atoms with E-state index in [1.54, 1.807) is 12.1 Å². The van der Waals surface area contributed by atoms with Crippen LogP contribution in [0.2, 0.25) is 0 Å². The highest BCUT2D eigenvalue weighted by Crippen LogP contribution is 2.22. The van der Waals surface area contributed by atoms with Crippen LogP contribution in [0.3, 0.4) is 0 Å². The van der Waals surface area contributed by atoms with Gasteiger partial charge in [0, 0.05) is 0 Å². The quantitative estimate of drug-likeness (QED) is 0.815. The second-order valence-electron chi connectivity index (χ2n) is 6.93. The van der Waals surface area contributed by atoms with Gasteiger partial charge in [-0.1, -0.05) is 36.4 Å². The fourth-order valence-corrected chi connectivity index (χ4v) is 2.34. The van der Waals surface area contributed by atoms with Crippen molar-refractivity contribution in [3.05, 3.63) is 59.7 Å². The molecule has 0 heterocycles. The van der Waals surface area contributed by atoms with Gasteiger partial charge in [0.1, 0.15) is 11.6 Å². The third-order valence-corrected chi connectivity index (χ3v) is 3.56. The first-order chi connectivity index (χ1) is 11.7. The Morgan fingerprint density at radius 2 is 1.72 bits per heavy atom. The van der Waals surface area contributed by atoms with Gasteiger partial charge < -0.3 is 15.6 Å². The van der Waals surface area contributed by atoms with Gasteiger partial charge >= 0.3 is 11.9 Å². The standard InChI is InChI=1S/C20H23NO4/c1-20(2,3)25-19(24)16-6-4-5-15(12-16)14-9-7-13(8-10-14)11-17(21)18(22)23/h4-10,12,17H,11,21H2,1-3H3,(H,22,23). The highest BCUT2D eigenvalue weighted by atomic mass is 16.6. The molecule has 0 saturated carbocycles. The molecule has 5 heteroatoms. The molecule has 0 aliphatic heterocycles. The zero-order valence-electron chi connectivity index (χ0n) is 14.7. The molecule has 0 fully saturated rings. The molecule has 5 nitrogen and oxygen atoms in total. The molecule has 1 unspecified atom stereocenters. The van der Waals surface area contributed by atoms with Gasteiger partial charge in [-0.25, -0.2) is 4.79 Å². The van der Waals surface area contributed by atoms with Crippen LogP contribution < -0.4 is 5.73 Å². The number of carbonyl (C=O) groups is 2. The summed E-state index contributed by atoms with van der Waals surface area (Å²) >= 11 is 0. The summed E-state index contributed by atoms with van der Waals surface area (Å²) in [7, 11) is 0. The highest BCUT2D eigenvalue weighted by molar-refractivity contribution is 5.91. The fourth-order valence-electron chi connectivity index (χ4n) is 2.34. The van der Waals surface area contributed by atoms with Gasteiger partial charge in [0.05, 0.1) is 5.56 Å². The number of carboxylic acid groups (broad SMARTS) is 1. The van der Waals surface area contributed by atoms with Crippen molar-refractivity contribution in [3.63, 3.8) is 0 Å². The Morgan fingerprint density at radius 1 is 1.08 bits per heavy atom. The number of hydrogen-bond acceptors (Lipinski definition) is 4. The Labute approximate surface area is 147 Å². The van der Waals surface area contributed by atoms with Crippen molar-refractivity contribution in [1.29, 1.82) is 0 Å². The van der Waals surface area contributed by atoms with Crippen LogP contribution in [0.15, 0.2) is 48.5 Å². The fraction of sp³-hybridized carbons (Fsp3) is 0.300. The van der Waals surface area contributed by atoms with Crippen LogP contribution in [0.5, 0.6) is 0 Å². The normalized spacial score (nSPS) is 12.5. The number of carbonyl (C=O) groups excluding carboxylic acids is 1. The van der Waals surface area contributed by atoms with Crippen LogP contribution in [0.1, 0.15) is 36.7 Å². The monoisotopic (exact) mass is 341 g/mol. The lowest BCUT2D eigenvalue weighted by Gasteiger charge is -2.19. The number of esters is 1. The minimum atomic E-state index is -1.02. The van der Waals surface area contributed by atoms with Crippen molar-refractivity contribution >= 4 is 11.9 Å². The van der Waals surface area contributed by atoms with E-state index in [0.29, 0.717) is 5.56 Å². The highest BCUT2D eigenvalue weighted by Gasteiger charge is 2.18. The van der Waals surface area contributed by atoms with E-state index in [1.165, 1.54) is 0 Å². The lowest BCUT2D eigenvalue weighted by molar-refractivity contribution is -0.138. The smallest absolute Gasteiger partial charge is 0.338 e. The second-order valence-corrected chi connectivity index (χ2v) is 6.93. The van der Waals surface area contributed by atoms with Crippen molar-refractivity contribution in [3.8, 4) is 11.1 Å². The largest absolute Gasteiger partial charge is 0.480 e. The summed E-state index contributed by atoms with van der Waals surface area (Å²) in [5.74, 6) is -1.38. The Kier molecular flexibility index (Phi) is 5.59. The molecule has 0 aliphatic carbocycles. The molecule has 0 spiro atoms. The topological polar surface area (TPSA) is 89.6 Å². The minimum absolute atomic E-state index is 0.271. The van der Waals surface area contributed by atoms with Crippen LogP contribution in [-0.2, 0) is 16.0 Å². The summed E-state index contributed by atoms with van der Waals surface area (Å²) in [5.41, 5.74) is 8.16. The molecular formula is C20H23NO4. The van der Waals surface area contributed by atoms with Gasteiger partial charge in [0.15, 0.2) is 0 Å². The maximum absolute atomic E-state index is 12.2. The van der Waals surface area contributed by atoms with Gasteiger partial charge in [0.2, 0.25) is 0 Å². The Bertz CT molecular complexity index is 760. The molecule has 0 aliphatic rings. The molecule has 132 valence electrons. The molecule has 2 aromatic rings. The molecule has 2 rings (SSSR count). The third kappa shape index (κ3) is 5.43. The molecule has 0 radical (unpaired) electrons. The molecule has 0 amide bonds. The minimum Gasteiger partial charge on any atom is -0.480 e. The van der Waals surface area contributed by atoms with E-state index >= 15 is 0 Å². The molecule has 0 aromatic heterocycles. The first-order valence-corrected chi connectivity index (χ1v) is 8.07. The van der Waals surface area contributed by atoms with E-state index in [1.807, 2.05) is 57.2 Å². The van der Waals surface area contributed by atoms with E-state index in [9.17, 15) is 9.59 Å². The molecule has 3 N–H and O–H groups in total. The summed E-state index contributed by atoms with van der Waals surface area (Å²) in [6, 6.07) is 13.8.